The van der Waals surface area contributed by atoms with Gasteiger partial charge in [-0.15, -0.1) is 6.58 Å². The number of thioether (sulfide) groups is 1. The van der Waals surface area contributed by atoms with Gasteiger partial charge in [-0.1, -0.05) is 42.1 Å². The van der Waals surface area contributed by atoms with Gasteiger partial charge < -0.3 is 10.1 Å². The molecular weight excluding hydrogens is 374 g/mol. The second-order valence-electron chi connectivity index (χ2n) is 6.07. The first kappa shape index (κ1) is 19.7. The Bertz CT molecular complexity index is 1080. The van der Waals surface area contributed by atoms with Gasteiger partial charge in [0, 0.05) is 6.54 Å². The number of para-hydroxylation sites is 3. The molecule has 6 nitrogen and oxygen atoms in total. The van der Waals surface area contributed by atoms with Crippen LogP contribution in [0.4, 0.5) is 5.69 Å². The minimum atomic E-state index is -0.478. The zero-order valence-electron chi connectivity index (χ0n) is 15.7. The first-order valence-corrected chi connectivity index (χ1v) is 9.64. The van der Waals surface area contributed by atoms with Crippen LogP contribution in [0.15, 0.2) is 71.1 Å². The van der Waals surface area contributed by atoms with Crippen LogP contribution in [0, 0.1) is 0 Å². The summed E-state index contributed by atoms with van der Waals surface area (Å²) >= 11 is 1.23. The molecule has 1 N–H and O–H groups in total. The van der Waals surface area contributed by atoms with Crippen molar-refractivity contribution in [1.29, 1.82) is 0 Å². The van der Waals surface area contributed by atoms with Crippen LogP contribution in [-0.2, 0) is 11.3 Å². The number of hydrogen-bond acceptors (Lipinski definition) is 5. The largest absolute Gasteiger partial charge is 0.495 e. The Kier molecular flexibility index (Phi) is 6.16. The number of hydrogen-bond donors (Lipinski definition) is 1. The fourth-order valence-corrected chi connectivity index (χ4v) is 3.64. The maximum absolute atomic E-state index is 12.8. The first-order chi connectivity index (χ1) is 13.5. The summed E-state index contributed by atoms with van der Waals surface area (Å²) in [4.78, 5) is 30.1. The number of ether oxygens (including phenoxy) is 1. The van der Waals surface area contributed by atoms with Crippen LogP contribution < -0.4 is 15.6 Å². The minimum Gasteiger partial charge on any atom is -0.495 e. The third-order valence-corrected chi connectivity index (χ3v) is 5.24. The molecule has 2 aromatic carbocycles. The summed E-state index contributed by atoms with van der Waals surface area (Å²) in [5, 5.41) is 3.41. The number of allylic oxidation sites excluding steroid dienone is 1. The van der Waals surface area contributed by atoms with E-state index in [4.69, 9.17) is 4.74 Å². The summed E-state index contributed by atoms with van der Waals surface area (Å²) in [6.07, 6.45) is 1.64. The highest BCUT2D eigenvalue weighted by Crippen LogP contribution is 2.27. The van der Waals surface area contributed by atoms with Crippen molar-refractivity contribution in [1.82, 2.24) is 9.55 Å². The Balaban J connectivity index is 1.88. The Morgan fingerprint density at radius 1 is 1.29 bits per heavy atom. The molecule has 0 aliphatic carbocycles. The molecule has 0 spiro atoms. The van der Waals surface area contributed by atoms with Crippen LogP contribution in [0.5, 0.6) is 5.75 Å². The molecule has 0 saturated heterocycles. The SMILES string of the molecule is C=CCn1c(SC(C)C(=O)Nc2ccccc2OC)nc2ccccc2c1=O. The summed E-state index contributed by atoms with van der Waals surface area (Å²) in [5.41, 5.74) is 1.05. The number of amides is 1. The van der Waals surface area contributed by atoms with E-state index < -0.39 is 5.25 Å². The van der Waals surface area contributed by atoms with Gasteiger partial charge in [-0.05, 0) is 31.2 Å². The van der Waals surface area contributed by atoms with Gasteiger partial charge in [-0.25, -0.2) is 4.98 Å². The molecule has 3 aromatic rings. The molecule has 0 saturated carbocycles. The first-order valence-electron chi connectivity index (χ1n) is 8.76. The van der Waals surface area contributed by atoms with Crippen LogP contribution in [-0.4, -0.2) is 27.8 Å². The van der Waals surface area contributed by atoms with Crippen molar-refractivity contribution in [3.05, 3.63) is 71.5 Å². The number of nitrogens with one attached hydrogen (secondary N) is 1. The second-order valence-corrected chi connectivity index (χ2v) is 7.37. The molecule has 1 amide bonds. The number of nitrogens with zero attached hydrogens (tertiary/aromatic N) is 2. The second kappa shape index (κ2) is 8.75. The third-order valence-electron chi connectivity index (χ3n) is 4.15. The van der Waals surface area contributed by atoms with Gasteiger partial charge in [0.2, 0.25) is 5.91 Å². The summed E-state index contributed by atoms with van der Waals surface area (Å²) in [7, 11) is 1.55. The van der Waals surface area contributed by atoms with Gasteiger partial charge in [-0.3, -0.25) is 14.2 Å². The quantitative estimate of drug-likeness (QED) is 0.375. The number of carbonyl (C=O) groups excluding carboxylic acids is 1. The number of benzene rings is 2. The van der Waals surface area contributed by atoms with Crippen molar-refractivity contribution in [2.75, 3.05) is 12.4 Å². The molecule has 1 unspecified atom stereocenters. The van der Waals surface area contributed by atoms with Crippen LogP contribution >= 0.6 is 11.8 Å². The lowest BCUT2D eigenvalue weighted by Crippen LogP contribution is -2.27. The standard InChI is InChI=1S/C21H21N3O3S/c1-4-13-24-20(26)15-9-5-6-10-16(15)23-21(24)28-14(2)19(25)22-17-11-7-8-12-18(17)27-3/h4-12,14H,1,13H2,2-3H3,(H,22,25). The van der Waals surface area contributed by atoms with Crippen molar-refractivity contribution in [2.45, 2.75) is 23.9 Å². The molecule has 0 fully saturated rings. The molecule has 144 valence electrons. The van der Waals surface area contributed by atoms with Gasteiger partial charge in [0.25, 0.3) is 5.56 Å². The lowest BCUT2D eigenvalue weighted by Gasteiger charge is -2.16. The van der Waals surface area contributed by atoms with E-state index in [1.54, 1.807) is 50.4 Å². The molecule has 0 aliphatic heterocycles. The number of methoxy groups -OCH3 is 1. The Morgan fingerprint density at radius 3 is 2.75 bits per heavy atom. The summed E-state index contributed by atoms with van der Waals surface area (Å²) in [5.74, 6) is 0.377. The van der Waals surface area contributed by atoms with E-state index >= 15 is 0 Å². The highest BCUT2D eigenvalue weighted by Gasteiger charge is 2.20. The van der Waals surface area contributed by atoms with Crippen LogP contribution in [0.3, 0.4) is 0 Å². The Morgan fingerprint density at radius 2 is 2.00 bits per heavy atom. The highest BCUT2D eigenvalue weighted by molar-refractivity contribution is 8.00. The lowest BCUT2D eigenvalue weighted by molar-refractivity contribution is -0.115. The van der Waals surface area contributed by atoms with Crippen molar-refractivity contribution < 1.29 is 9.53 Å². The third kappa shape index (κ3) is 4.09. The average Bonchev–Trinajstić information content (AvgIpc) is 2.71. The fraction of sp³-hybridized carbons (Fsp3) is 0.190. The van der Waals surface area contributed by atoms with Crippen LogP contribution in [0.1, 0.15) is 6.92 Å². The monoisotopic (exact) mass is 395 g/mol. The minimum absolute atomic E-state index is 0.148. The number of aromatic nitrogens is 2. The van der Waals surface area contributed by atoms with Gasteiger partial charge in [-0.2, -0.15) is 0 Å². The van der Waals surface area contributed by atoms with E-state index in [1.165, 1.54) is 16.3 Å². The van der Waals surface area contributed by atoms with E-state index in [0.29, 0.717) is 34.0 Å². The highest BCUT2D eigenvalue weighted by atomic mass is 32.2. The normalized spacial score (nSPS) is 11.8. The predicted molar refractivity (Wildman–Crippen MR) is 113 cm³/mol. The zero-order chi connectivity index (χ0) is 20.1. The maximum Gasteiger partial charge on any atom is 0.262 e. The van der Waals surface area contributed by atoms with E-state index in [2.05, 4.69) is 16.9 Å². The van der Waals surface area contributed by atoms with Crippen LogP contribution in [0.25, 0.3) is 10.9 Å². The van der Waals surface area contributed by atoms with Crippen molar-refractivity contribution in [2.24, 2.45) is 0 Å². The molecule has 7 heteroatoms. The van der Waals surface area contributed by atoms with Crippen molar-refractivity contribution in [3.63, 3.8) is 0 Å². The van der Waals surface area contributed by atoms with E-state index in [9.17, 15) is 9.59 Å². The van der Waals surface area contributed by atoms with Gasteiger partial charge in [0.1, 0.15) is 5.75 Å². The van der Waals surface area contributed by atoms with Gasteiger partial charge in [0.05, 0.1) is 29.0 Å². The molecule has 0 radical (unpaired) electrons. The average molecular weight is 395 g/mol. The molecule has 0 aliphatic rings. The van der Waals surface area contributed by atoms with E-state index in [0.717, 1.165) is 0 Å². The summed E-state index contributed by atoms with van der Waals surface area (Å²) in [6.45, 7) is 5.81. The smallest absolute Gasteiger partial charge is 0.262 e. The number of rotatable bonds is 7. The molecule has 0 bridgehead atoms. The van der Waals surface area contributed by atoms with Crippen molar-refractivity contribution >= 4 is 34.3 Å². The molecule has 1 atom stereocenters. The van der Waals surface area contributed by atoms with Crippen LogP contribution in [0.2, 0.25) is 0 Å². The topological polar surface area (TPSA) is 73.2 Å². The Labute approximate surface area is 167 Å². The predicted octanol–water partition coefficient (Wildman–Crippen LogP) is 3.71. The summed E-state index contributed by atoms with van der Waals surface area (Å²) in [6, 6.07) is 14.4. The molecular formula is C21H21N3O3S. The summed E-state index contributed by atoms with van der Waals surface area (Å²) < 4.78 is 6.80. The molecule has 3 rings (SSSR count). The van der Waals surface area contributed by atoms with E-state index in [-0.39, 0.29) is 11.5 Å². The number of fused-ring (bicyclic) bond motifs is 1. The zero-order valence-corrected chi connectivity index (χ0v) is 16.5. The van der Waals surface area contributed by atoms with Gasteiger partial charge in [0.15, 0.2) is 5.16 Å². The maximum atomic E-state index is 12.8. The molecule has 28 heavy (non-hydrogen) atoms. The van der Waals surface area contributed by atoms with Gasteiger partial charge >= 0.3 is 0 Å². The number of carbonyl (C=O) groups is 1. The number of anilines is 1. The van der Waals surface area contributed by atoms with Crippen molar-refractivity contribution in [3.8, 4) is 5.75 Å². The lowest BCUT2D eigenvalue weighted by atomic mass is 10.2. The fourth-order valence-electron chi connectivity index (χ4n) is 2.72. The molecule has 1 aromatic heterocycles. The van der Waals surface area contributed by atoms with E-state index in [1.807, 2.05) is 18.2 Å². The molecule has 1 heterocycles. The Hall–Kier alpha value is -3.06.